The average molecular weight is 235 g/mol. The normalized spacial score (nSPS) is 10.1. The number of amides is 2. The lowest BCUT2D eigenvalue weighted by Gasteiger charge is -2.21. The van der Waals surface area contributed by atoms with Crippen molar-refractivity contribution >= 4 is 17.4 Å². The predicted octanol–water partition coefficient (Wildman–Crippen LogP) is 2.76. The molecule has 1 aromatic carbocycles. The largest absolute Gasteiger partial charge is 0.399 e. The Labute approximate surface area is 103 Å². The highest BCUT2D eigenvalue weighted by Gasteiger charge is 2.12. The summed E-state index contributed by atoms with van der Waals surface area (Å²) in [7, 11) is 0. The number of nitrogens with zero attached hydrogens (tertiary/aromatic N) is 1. The minimum absolute atomic E-state index is 0.0639. The Kier molecular flexibility index (Phi) is 4.37. The molecule has 0 aromatic heterocycles. The molecular weight excluding hydrogens is 214 g/mol. The van der Waals surface area contributed by atoms with Crippen molar-refractivity contribution in [2.45, 2.75) is 27.7 Å². The zero-order valence-corrected chi connectivity index (χ0v) is 11.0. The second-order valence-corrected chi connectivity index (χ2v) is 4.13. The maximum Gasteiger partial charge on any atom is 0.321 e. The molecule has 0 radical (unpaired) electrons. The first kappa shape index (κ1) is 13.4. The Hall–Kier alpha value is -1.71. The van der Waals surface area contributed by atoms with Crippen LogP contribution in [-0.4, -0.2) is 24.0 Å². The van der Waals surface area contributed by atoms with Crippen molar-refractivity contribution in [3.8, 4) is 0 Å². The highest BCUT2D eigenvalue weighted by molar-refractivity contribution is 5.91. The van der Waals surface area contributed by atoms with E-state index in [-0.39, 0.29) is 6.03 Å². The number of hydrogen-bond acceptors (Lipinski definition) is 2. The van der Waals surface area contributed by atoms with Crippen molar-refractivity contribution in [3.05, 3.63) is 23.3 Å². The van der Waals surface area contributed by atoms with E-state index >= 15 is 0 Å². The lowest BCUT2D eigenvalue weighted by Crippen LogP contribution is -2.34. The summed E-state index contributed by atoms with van der Waals surface area (Å²) in [5.74, 6) is 0. The number of urea groups is 1. The fraction of sp³-hybridized carbons (Fsp3) is 0.462. The van der Waals surface area contributed by atoms with E-state index in [0.717, 1.165) is 22.5 Å². The van der Waals surface area contributed by atoms with Crippen molar-refractivity contribution < 1.29 is 4.79 Å². The Bertz CT molecular complexity index is 388. The van der Waals surface area contributed by atoms with Crippen LogP contribution >= 0.6 is 0 Å². The SMILES string of the molecule is CCN(CC)C(=O)Nc1c(C)cc(N)cc1C. The molecule has 4 nitrogen and oxygen atoms in total. The smallest absolute Gasteiger partial charge is 0.321 e. The van der Waals surface area contributed by atoms with E-state index in [1.165, 1.54) is 0 Å². The maximum absolute atomic E-state index is 11.9. The van der Waals surface area contributed by atoms with Crippen LogP contribution in [0.4, 0.5) is 16.2 Å². The van der Waals surface area contributed by atoms with Gasteiger partial charge in [0.1, 0.15) is 0 Å². The van der Waals surface area contributed by atoms with Gasteiger partial charge in [-0.3, -0.25) is 0 Å². The van der Waals surface area contributed by atoms with E-state index in [4.69, 9.17) is 5.73 Å². The van der Waals surface area contributed by atoms with Crippen LogP contribution in [-0.2, 0) is 0 Å². The first-order valence-electron chi connectivity index (χ1n) is 5.92. The minimum atomic E-state index is -0.0639. The molecule has 4 heteroatoms. The lowest BCUT2D eigenvalue weighted by molar-refractivity contribution is 0.217. The van der Waals surface area contributed by atoms with Crippen LogP contribution in [0.5, 0.6) is 0 Å². The molecule has 1 aromatic rings. The molecule has 94 valence electrons. The number of anilines is 2. The highest BCUT2D eigenvalue weighted by atomic mass is 16.2. The third-order valence-electron chi connectivity index (χ3n) is 2.84. The van der Waals surface area contributed by atoms with Crippen LogP contribution in [0.1, 0.15) is 25.0 Å². The topological polar surface area (TPSA) is 58.4 Å². The Morgan fingerprint density at radius 1 is 1.24 bits per heavy atom. The minimum Gasteiger partial charge on any atom is -0.399 e. The summed E-state index contributed by atoms with van der Waals surface area (Å²) in [6.07, 6.45) is 0. The fourth-order valence-electron chi connectivity index (χ4n) is 1.89. The predicted molar refractivity (Wildman–Crippen MR) is 72.3 cm³/mol. The van der Waals surface area contributed by atoms with Gasteiger partial charge in [-0.25, -0.2) is 4.79 Å². The molecule has 3 N–H and O–H groups in total. The van der Waals surface area contributed by atoms with Crippen LogP contribution in [0.3, 0.4) is 0 Å². The van der Waals surface area contributed by atoms with E-state index in [0.29, 0.717) is 13.1 Å². The summed E-state index contributed by atoms with van der Waals surface area (Å²) < 4.78 is 0. The van der Waals surface area contributed by atoms with Gasteiger partial charge < -0.3 is 16.0 Å². The van der Waals surface area contributed by atoms with Crippen LogP contribution in [0.15, 0.2) is 12.1 Å². The van der Waals surface area contributed by atoms with E-state index in [9.17, 15) is 4.79 Å². The molecule has 0 saturated carbocycles. The van der Waals surface area contributed by atoms with Crippen LogP contribution in [0, 0.1) is 13.8 Å². The van der Waals surface area contributed by atoms with Gasteiger partial charge in [0, 0.05) is 24.5 Å². The summed E-state index contributed by atoms with van der Waals surface area (Å²) in [5, 5.41) is 2.94. The average Bonchev–Trinajstić information content (AvgIpc) is 2.25. The van der Waals surface area contributed by atoms with Crippen LogP contribution < -0.4 is 11.1 Å². The van der Waals surface area contributed by atoms with Crippen LogP contribution in [0.25, 0.3) is 0 Å². The number of hydrogen-bond donors (Lipinski definition) is 2. The van der Waals surface area contributed by atoms with Gasteiger partial charge >= 0.3 is 6.03 Å². The molecule has 0 fully saturated rings. The first-order chi connectivity index (χ1) is 7.99. The van der Waals surface area contributed by atoms with Gasteiger partial charge in [0.25, 0.3) is 0 Å². The fourth-order valence-corrected chi connectivity index (χ4v) is 1.89. The monoisotopic (exact) mass is 235 g/mol. The molecule has 0 aliphatic carbocycles. The number of aryl methyl sites for hydroxylation is 2. The van der Waals surface area contributed by atoms with Gasteiger partial charge in [0.15, 0.2) is 0 Å². The molecule has 0 heterocycles. The summed E-state index contributed by atoms with van der Waals surface area (Å²) in [6, 6.07) is 3.67. The molecule has 2 amide bonds. The molecule has 0 unspecified atom stereocenters. The van der Waals surface area contributed by atoms with Gasteiger partial charge in [-0.15, -0.1) is 0 Å². The van der Waals surface area contributed by atoms with Gasteiger partial charge in [0.2, 0.25) is 0 Å². The van der Waals surface area contributed by atoms with Gasteiger partial charge in [-0.2, -0.15) is 0 Å². The van der Waals surface area contributed by atoms with Crippen molar-refractivity contribution in [2.75, 3.05) is 24.1 Å². The molecule has 1 rings (SSSR count). The zero-order valence-electron chi connectivity index (χ0n) is 11.0. The molecule has 0 saturated heterocycles. The number of carbonyl (C=O) groups is 1. The van der Waals surface area contributed by atoms with E-state index in [1.807, 2.05) is 39.8 Å². The van der Waals surface area contributed by atoms with Crippen molar-refractivity contribution in [2.24, 2.45) is 0 Å². The van der Waals surface area contributed by atoms with Gasteiger partial charge in [-0.1, -0.05) is 0 Å². The summed E-state index contributed by atoms with van der Waals surface area (Å²) in [5.41, 5.74) is 9.31. The molecule has 0 spiro atoms. The summed E-state index contributed by atoms with van der Waals surface area (Å²) >= 11 is 0. The van der Waals surface area contributed by atoms with Crippen molar-refractivity contribution in [1.29, 1.82) is 0 Å². The molecule has 0 bridgehead atoms. The zero-order chi connectivity index (χ0) is 13.0. The third-order valence-corrected chi connectivity index (χ3v) is 2.84. The summed E-state index contributed by atoms with van der Waals surface area (Å²) in [6.45, 7) is 9.23. The first-order valence-corrected chi connectivity index (χ1v) is 5.92. The second kappa shape index (κ2) is 5.57. The maximum atomic E-state index is 11.9. The van der Waals surface area contributed by atoms with Crippen molar-refractivity contribution in [3.63, 3.8) is 0 Å². The standard InChI is InChI=1S/C13H21N3O/c1-5-16(6-2)13(17)15-12-9(3)7-11(14)8-10(12)4/h7-8H,5-6,14H2,1-4H3,(H,15,17). The van der Waals surface area contributed by atoms with Gasteiger partial charge in [0.05, 0.1) is 0 Å². The molecular formula is C13H21N3O. The van der Waals surface area contributed by atoms with Crippen molar-refractivity contribution in [1.82, 2.24) is 4.90 Å². The summed E-state index contributed by atoms with van der Waals surface area (Å²) in [4.78, 5) is 13.7. The Balaban J connectivity index is 2.92. The second-order valence-electron chi connectivity index (χ2n) is 4.13. The number of rotatable bonds is 3. The van der Waals surface area contributed by atoms with E-state index < -0.39 is 0 Å². The van der Waals surface area contributed by atoms with Crippen LogP contribution in [0.2, 0.25) is 0 Å². The number of carbonyl (C=O) groups excluding carboxylic acids is 1. The number of nitrogen functional groups attached to an aromatic ring is 1. The quantitative estimate of drug-likeness (QED) is 0.791. The third kappa shape index (κ3) is 3.12. The highest BCUT2D eigenvalue weighted by Crippen LogP contribution is 2.23. The molecule has 17 heavy (non-hydrogen) atoms. The number of nitrogens with two attached hydrogens (primary N) is 1. The molecule has 0 aliphatic rings. The molecule has 0 atom stereocenters. The number of benzene rings is 1. The van der Waals surface area contributed by atoms with E-state index in [1.54, 1.807) is 4.90 Å². The van der Waals surface area contributed by atoms with Gasteiger partial charge in [-0.05, 0) is 51.0 Å². The number of nitrogens with one attached hydrogen (secondary N) is 1. The van der Waals surface area contributed by atoms with E-state index in [2.05, 4.69) is 5.32 Å². The lowest BCUT2D eigenvalue weighted by atomic mass is 10.1. The molecule has 0 aliphatic heterocycles. The Morgan fingerprint density at radius 3 is 2.12 bits per heavy atom. The Morgan fingerprint density at radius 2 is 1.71 bits per heavy atom.